The molecule has 0 aliphatic heterocycles. The van der Waals surface area contributed by atoms with Gasteiger partial charge in [-0.2, -0.15) is 5.26 Å². The first-order chi connectivity index (χ1) is 26.5. The lowest BCUT2D eigenvalue weighted by atomic mass is 9.86. The van der Waals surface area contributed by atoms with E-state index in [0.29, 0.717) is 6.42 Å². The Balaban J connectivity index is 1.36. The maximum atomic E-state index is 9.75. The number of nitriles is 1. The number of para-hydroxylation sites is 3. The van der Waals surface area contributed by atoms with E-state index in [0.717, 1.165) is 45.1 Å². The summed E-state index contributed by atoms with van der Waals surface area (Å²) in [5, 5.41) is 16.8. The lowest BCUT2D eigenvalue weighted by molar-refractivity contribution is 0.160. The van der Waals surface area contributed by atoms with E-state index in [1.165, 1.54) is 32.5 Å². The monoisotopic (exact) mass is 717 g/mol. The molecule has 262 valence electrons. The fourth-order valence-electron chi connectivity index (χ4n) is 7.53. The fraction of sp³-hybridized carbons (Fsp3) is 0.102. The number of anilines is 6. The maximum Gasteiger partial charge on any atom is 0.147 e. The molecule has 1 unspecified atom stereocenters. The molecule has 0 aliphatic carbocycles. The summed E-state index contributed by atoms with van der Waals surface area (Å²) in [6.07, 6.45) is 0.194. The highest BCUT2D eigenvalue weighted by Gasteiger charge is 2.26. The van der Waals surface area contributed by atoms with Gasteiger partial charge in [-0.3, -0.25) is 0 Å². The van der Waals surface area contributed by atoms with Crippen LogP contribution in [0.1, 0.15) is 31.9 Å². The number of ether oxygens (including phenoxy) is 1. The summed E-state index contributed by atoms with van der Waals surface area (Å²) in [7, 11) is 0. The van der Waals surface area contributed by atoms with Crippen LogP contribution in [0.3, 0.4) is 0 Å². The summed E-state index contributed by atoms with van der Waals surface area (Å²) in [5.41, 5.74) is 8.17. The van der Waals surface area contributed by atoms with E-state index < -0.39 is 5.41 Å². The number of hydrogen-bond donors (Lipinski definition) is 0. The topological polar surface area (TPSA) is 39.5 Å². The zero-order valence-electron chi connectivity index (χ0n) is 30.3. The minimum atomic E-state index is -0.566. The molecular formula is C49H39N3OS. The molecule has 0 aliphatic rings. The second kappa shape index (κ2) is 14.9. The van der Waals surface area contributed by atoms with Gasteiger partial charge >= 0.3 is 0 Å². The Morgan fingerprint density at radius 2 is 0.907 bits per heavy atom. The van der Waals surface area contributed by atoms with Crippen LogP contribution in [0.5, 0.6) is 0 Å². The summed E-state index contributed by atoms with van der Waals surface area (Å²) in [5.74, 6) is 0. The molecule has 0 heterocycles. The van der Waals surface area contributed by atoms with Crippen LogP contribution in [0, 0.1) is 16.7 Å². The van der Waals surface area contributed by atoms with Gasteiger partial charge < -0.3 is 14.5 Å². The molecule has 5 heteroatoms. The Morgan fingerprint density at radius 3 is 1.30 bits per heavy atom. The maximum absolute atomic E-state index is 9.75. The third kappa shape index (κ3) is 6.65. The predicted octanol–water partition coefficient (Wildman–Crippen LogP) is 14.0. The average molecular weight is 718 g/mol. The third-order valence-corrected chi connectivity index (χ3v) is 10.2. The van der Waals surface area contributed by atoms with Crippen LogP contribution < -0.4 is 9.80 Å². The SMILES string of the molecule is CC(C)(C#N)CC(OC=S)c1ccc(N(c2ccccc2)c2cc3c4ccccc4c(N(c4ccccc4)c4ccccc4)cc3c3ccccc23)cc1. The van der Waals surface area contributed by atoms with Gasteiger partial charge in [-0.25, -0.2) is 0 Å². The van der Waals surface area contributed by atoms with E-state index in [9.17, 15) is 5.26 Å². The number of nitrogens with zero attached hydrogens (tertiary/aromatic N) is 3. The molecular weight excluding hydrogens is 679 g/mol. The molecule has 4 nitrogen and oxygen atoms in total. The largest absolute Gasteiger partial charge is 0.482 e. The average Bonchev–Trinajstić information content (AvgIpc) is 3.22. The van der Waals surface area contributed by atoms with Gasteiger partial charge in [0.05, 0.1) is 22.9 Å². The van der Waals surface area contributed by atoms with Crippen molar-refractivity contribution in [2.45, 2.75) is 26.4 Å². The highest BCUT2D eigenvalue weighted by molar-refractivity contribution is 7.78. The quantitative estimate of drug-likeness (QED) is 0.0984. The molecule has 0 saturated heterocycles. The summed E-state index contributed by atoms with van der Waals surface area (Å²) in [6, 6.07) is 64.8. The van der Waals surface area contributed by atoms with Crippen molar-refractivity contribution in [2.75, 3.05) is 9.80 Å². The van der Waals surface area contributed by atoms with Crippen molar-refractivity contribution in [1.82, 2.24) is 0 Å². The van der Waals surface area contributed by atoms with Crippen molar-refractivity contribution in [2.24, 2.45) is 5.41 Å². The molecule has 8 rings (SSSR count). The Bertz CT molecular complexity index is 2580. The Labute approximate surface area is 322 Å². The van der Waals surface area contributed by atoms with Crippen LogP contribution in [-0.2, 0) is 4.74 Å². The summed E-state index contributed by atoms with van der Waals surface area (Å²) in [4.78, 5) is 4.70. The van der Waals surface area contributed by atoms with Crippen LogP contribution >= 0.6 is 12.2 Å². The van der Waals surface area contributed by atoms with Crippen LogP contribution in [0.4, 0.5) is 34.1 Å². The zero-order valence-corrected chi connectivity index (χ0v) is 31.1. The molecule has 0 fully saturated rings. The van der Waals surface area contributed by atoms with Crippen LogP contribution in [0.15, 0.2) is 176 Å². The Kier molecular flexibility index (Phi) is 9.53. The molecule has 8 aromatic carbocycles. The summed E-state index contributed by atoms with van der Waals surface area (Å²) < 4.78 is 5.89. The first-order valence-corrected chi connectivity index (χ1v) is 18.7. The fourth-order valence-corrected chi connectivity index (χ4v) is 7.66. The second-order valence-corrected chi connectivity index (χ2v) is 14.4. The summed E-state index contributed by atoms with van der Waals surface area (Å²) in [6.45, 7) is 3.85. The van der Waals surface area contributed by atoms with E-state index in [-0.39, 0.29) is 6.10 Å². The van der Waals surface area contributed by atoms with Crippen molar-refractivity contribution in [3.63, 3.8) is 0 Å². The van der Waals surface area contributed by atoms with E-state index in [2.05, 4.69) is 186 Å². The van der Waals surface area contributed by atoms with Crippen molar-refractivity contribution < 1.29 is 4.74 Å². The highest BCUT2D eigenvalue weighted by Crippen LogP contribution is 2.47. The minimum absolute atomic E-state index is 0.329. The van der Waals surface area contributed by atoms with Gasteiger partial charge in [0.15, 0.2) is 0 Å². The number of hydrogen-bond acceptors (Lipinski definition) is 5. The van der Waals surface area contributed by atoms with Gasteiger partial charge in [-0.05, 0) is 114 Å². The van der Waals surface area contributed by atoms with Crippen molar-refractivity contribution in [3.05, 3.63) is 181 Å². The van der Waals surface area contributed by atoms with Crippen molar-refractivity contribution in [1.29, 1.82) is 5.26 Å². The first kappa shape index (κ1) is 34.6. The molecule has 0 bridgehead atoms. The second-order valence-electron chi connectivity index (χ2n) is 14.2. The normalized spacial score (nSPS) is 11.9. The molecule has 8 aromatic rings. The van der Waals surface area contributed by atoms with E-state index >= 15 is 0 Å². The highest BCUT2D eigenvalue weighted by atomic mass is 32.1. The zero-order chi connectivity index (χ0) is 37.1. The number of fused-ring (bicyclic) bond motifs is 5. The number of thiocarbonyl (C=S) groups is 1. The summed E-state index contributed by atoms with van der Waals surface area (Å²) >= 11 is 5.10. The first-order valence-electron chi connectivity index (χ1n) is 18.2. The molecule has 0 radical (unpaired) electrons. The Morgan fingerprint density at radius 1 is 0.537 bits per heavy atom. The predicted molar refractivity (Wildman–Crippen MR) is 230 cm³/mol. The van der Waals surface area contributed by atoms with Crippen LogP contribution in [0.25, 0.3) is 32.3 Å². The minimum Gasteiger partial charge on any atom is -0.482 e. The van der Waals surface area contributed by atoms with E-state index in [1.807, 2.05) is 19.9 Å². The third-order valence-electron chi connectivity index (χ3n) is 10.1. The molecule has 54 heavy (non-hydrogen) atoms. The van der Waals surface area contributed by atoms with E-state index in [1.54, 1.807) is 0 Å². The number of rotatable bonds is 11. The lowest BCUT2D eigenvalue weighted by Gasteiger charge is -2.30. The molecule has 1 atom stereocenters. The Hall–Kier alpha value is -6.48. The lowest BCUT2D eigenvalue weighted by Crippen LogP contribution is -2.16. The van der Waals surface area contributed by atoms with E-state index in [4.69, 9.17) is 17.0 Å². The number of benzene rings is 8. The molecule has 0 spiro atoms. The van der Waals surface area contributed by atoms with Crippen LogP contribution in [0.2, 0.25) is 0 Å². The molecule has 0 aromatic heterocycles. The van der Waals surface area contributed by atoms with Gasteiger partial charge in [-0.15, -0.1) is 0 Å². The van der Waals surface area contributed by atoms with Gasteiger partial charge in [0.1, 0.15) is 11.7 Å². The van der Waals surface area contributed by atoms with Crippen molar-refractivity contribution in [3.8, 4) is 6.07 Å². The standard InChI is InChI=1S/C49H39N3OS/c1-49(2,33-50)32-48(53-34-54)35-26-28-39(29-27-35)52(38-20-10-5-11-21-38)47-31-45-40-22-12-14-24-42(40)46(30-44(45)41-23-13-15-25-43(41)47)51(36-16-6-3-7-17-36)37-18-8-4-9-19-37/h3-31,34,48H,32H2,1-2H3. The van der Waals surface area contributed by atoms with Crippen LogP contribution in [-0.4, -0.2) is 5.55 Å². The molecule has 0 N–H and O–H groups in total. The molecule has 0 amide bonds. The smallest absolute Gasteiger partial charge is 0.147 e. The van der Waals surface area contributed by atoms with Gasteiger partial charge in [-0.1, -0.05) is 115 Å². The van der Waals surface area contributed by atoms with Gasteiger partial charge in [0.2, 0.25) is 0 Å². The van der Waals surface area contributed by atoms with Crippen molar-refractivity contribution >= 4 is 84.2 Å². The molecule has 0 saturated carbocycles. The van der Waals surface area contributed by atoms with Gasteiger partial charge in [0.25, 0.3) is 0 Å². The van der Waals surface area contributed by atoms with Gasteiger partial charge in [0, 0.05) is 39.9 Å².